The van der Waals surface area contributed by atoms with E-state index in [-0.39, 0.29) is 0 Å². The fourth-order valence-corrected chi connectivity index (χ4v) is 3.98. The lowest BCUT2D eigenvalue weighted by Crippen LogP contribution is -2.28. The summed E-state index contributed by atoms with van der Waals surface area (Å²) in [5, 5.41) is 15.2. The van der Waals surface area contributed by atoms with E-state index in [2.05, 4.69) is 28.0 Å². The molecule has 4 heteroatoms. The van der Waals surface area contributed by atoms with Crippen LogP contribution in [0.2, 0.25) is 0 Å². The number of rotatable bonds is 3. The molecule has 1 aliphatic carbocycles. The van der Waals surface area contributed by atoms with Crippen molar-refractivity contribution in [3.8, 4) is 0 Å². The highest BCUT2D eigenvalue weighted by molar-refractivity contribution is 9.10. The summed E-state index contributed by atoms with van der Waals surface area (Å²) in [5.74, 6) is 0.788. The summed E-state index contributed by atoms with van der Waals surface area (Å²) in [7, 11) is 1.91. The first kappa shape index (κ1) is 14.1. The van der Waals surface area contributed by atoms with Gasteiger partial charge in [0, 0.05) is 7.05 Å². The zero-order chi connectivity index (χ0) is 13.2. The first-order valence-corrected chi connectivity index (χ1v) is 7.76. The maximum absolute atomic E-state index is 11.0. The predicted octanol–water partition coefficient (Wildman–Crippen LogP) is 3.75. The Morgan fingerprint density at radius 1 is 1.50 bits per heavy atom. The molecule has 3 nitrogen and oxygen atoms in total. The van der Waals surface area contributed by atoms with E-state index >= 15 is 0 Å². The third kappa shape index (κ3) is 2.80. The van der Waals surface area contributed by atoms with Crippen LogP contribution in [0, 0.1) is 5.92 Å². The number of hydrogen-bond donors (Lipinski definition) is 1. The van der Waals surface area contributed by atoms with E-state index in [1.165, 1.54) is 19.3 Å². The van der Waals surface area contributed by atoms with Crippen LogP contribution in [0.1, 0.15) is 57.6 Å². The number of halogens is 1. The summed E-state index contributed by atoms with van der Waals surface area (Å²) in [5.41, 5.74) is 0.242. The third-order valence-corrected chi connectivity index (χ3v) is 4.78. The van der Waals surface area contributed by atoms with Crippen LogP contribution < -0.4 is 0 Å². The monoisotopic (exact) mass is 314 g/mol. The minimum absolute atomic E-state index is 0.702. The molecule has 0 spiro atoms. The topological polar surface area (TPSA) is 38.1 Å². The zero-order valence-electron chi connectivity index (χ0n) is 11.3. The van der Waals surface area contributed by atoms with Gasteiger partial charge in [0.05, 0.1) is 16.4 Å². The van der Waals surface area contributed by atoms with Gasteiger partial charge >= 0.3 is 0 Å². The van der Waals surface area contributed by atoms with Crippen molar-refractivity contribution in [2.24, 2.45) is 13.0 Å². The summed E-state index contributed by atoms with van der Waals surface area (Å²) in [4.78, 5) is 0. The van der Waals surface area contributed by atoms with Crippen molar-refractivity contribution in [3.63, 3.8) is 0 Å². The Hall–Kier alpha value is -0.350. The highest BCUT2D eigenvalue weighted by atomic mass is 79.9. The molecule has 1 saturated carbocycles. The smallest absolute Gasteiger partial charge is 0.107 e. The Balaban J connectivity index is 2.17. The second-order valence-corrected chi connectivity index (χ2v) is 6.44. The van der Waals surface area contributed by atoms with Crippen LogP contribution in [0.3, 0.4) is 0 Å². The van der Waals surface area contributed by atoms with Gasteiger partial charge in [-0.05, 0) is 47.5 Å². The van der Waals surface area contributed by atoms with Crippen LogP contribution in [0.15, 0.2) is 10.7 Å². The van der Waals surface area contributed by atoms with Crippen LogP contribution in [-0.2, 0) is 12.6 Å². The van der Waals surface area contributed by atoms with Gasteiger partial charge in [-0.3, -0.25) is 4.68 Å². The summed E-state index contributed by atoms with van der Waals surface area (Å²) in [6.45, 7) is 2.24. The number of aliphatic hydroxyl groups is 1. The van der Waals surface area contributed by atoms with Crippen LogP contribution >= 0.6 is 15.9 Å². The van der Waals surface area contributed by atoms with Crippen molar-refractivity contribution >= 4 is 15.9 Å². The summed E-state index contributed by atoms with van der Waals surface area (Å²) >= 11 is 3.52. The molecule has 1 aliphatic rings. The Bertz CT molecular complexity index is 385. The normalized spacial score (nSPS) is 29.2. The molecular weight excluding hydrogens is 292 g/mol. The van der Waals surface area contributed by atoms with E-state index in [0.29, 0.717) is 0 Å². The molecule has 18 heavy (non-hydrogen) atoms. The Kier molecular flexibility index (Phi) is 4.49. The number of hydrogen-bond acceptors (Lipinski definition) is 2. The lowest BCUT2D eigenvalue weighted by molar-refractivity contribution is 0.0110. The Morgan fingerprint density at radius 3 is 2.89 bits per heavy atom. The van der Waals surface area contributed by atoms with E-state index in [1.807, 2.05) is 11.7 Å². The van der Waals surface area contributed by atoms with E-state index in [1.54, 1.807) is 6.20 Å². The van der Waals surface area contributed by atoms with Gasteiger partial charge in [0.25, 0.3) is 0 Å². The highest BCUT2D eigenvalue weighted by Crippen LogP contribution is 2.41. The number of aryl methyl sites for hydroxylation is 1. The van der Waals surface area contributed by atoms with Crippen LogP contribution in [0.5, 0.6) is 0 Å². The molecule has 1 aromatic rings. The maximum Gasteiger partial charge on any atom is 0.107 e. The lowest BCUT2D eigenvalue weighted by Gasteiger charge is -2.27. The van der Waals surface area contributed by atoms with Crippen molar-refractivity contribution in [3.05, 3.63) is 16.4 Å². The molecule has 1 N–H and O–H groups in total. The van der Waals surface area contributed by atoms with Crippen LogP contribution in [-0.4, -0.2) is 14.9 Å². The minimum Gasteiger partial charge on any atom is -0.384 e. The standard InChI is InChI=1S/C14H23BrN2O/c1-3-5-11-6-4-8-14(18,9-7-11)13-12(15)10-16-17(13)2/h10-11,18H,3-9H2,1-2H3. The van der Waals surface area contributed by atoms with Gasteiger partial charge in [0.15, 0.2) is 0 Å². The van der Waals surface area contributed by atoms with E-state index < -0.39 is 5.60 Å². The van der Waals surface area contributed by atoms with Gasteiger partial charge in [-0.2, -0.15) is 5.10 Å². The molecule has 0 bridgehead atoms. The molecule has 0 aromatic carbocycles. The SMILES string of the molecule is CCCC1CCCC(O)(c2c(Br)cnn2C)CC1. The van der Waals surface area contributed by atoms with Crippen LogP contribution in [0.4, 0.5) is 0 Å². The van der Waals surface area contributed by atoms with Crippen LogP contribution in [0.25, 0.3) is 0 Å². The van der Waals surface area contributed by atoms with Gasteiger partial charge in [-0.1, -0.05) is 26.2 Å². The van der Waals surface area contributed by atoms with Gasteiger partial charge < -0.3 is 5.11 Å². The first-order chi connectivity index (χ1) is 8.57. The average Bonchev–Trinajstić information content (AvgIpc) is 2.55. The fourth-order valence-electron chi connectivity index (χ4n) is 3.26. The van der Waals surface area contributed by atoms with E-state index in [4.69, 9.17) is 0 Å². The molecule has 2 unspecified atom stereocenters. The first-order valence-electron chi connectivity index (χ1n) is 6.97. The average molecular weight is 315 g/mol. The quantitative estimate of drug-likeness (QED) is 0.863. The highest BCUT2D eigenvalue weighted by Gasteiger charge is 2.36. The Labute approximate surface area is 118 Å². The summed E-state index contributed by atoms with van der Waals surface area (Å²) < 4.78 is 2.74. The summed E-state index contributed by atoms with van der Waals surface area (Å²) in [6.07, 6.45) is 9.52. The van der Waals surface area contributed by atoms with E-state index in [9.17, 15) is 5.11 Å². The molecule has 1 aromatic heterocycles. The number of aromatic nitrogens is 2. The molecule has 102 valence electrons. The second kappa shape index (κ2) is 5.74. The second-order valence-electron chi connectivity index (χ2n) is 5.58. The van der Waals surface area contributed by atoms with E-state index in [0.717, 1.165) is 41.8 Å². The molecule has 0 amide bonds. The van der Waals surface area contributed by atoms with Crippen molar-refractivity contribution in [1.82, 2.24) is 9.78 Å². The van der Waals surface area contributed by atoms with Gasteiger partial charge in [-0.25, -0.2) is 0 Å². The molecular formula is C14H23BrN2O. The van der Waals surface area contributed by atoms with Crippen molar-refractivity contribution in [1.29, 1.82) is 0 Å². The minimum atomic E-state index is -0.702. The molecule has 0 aliphatic heterocycles. The number of nitrogens with zero attached hydrogens (tertiary/aromatic N) is 2. The van der Waals surface area contributed by atoms with Gasteiger partial charge in [0.2, 0.25) is 0 Å². The molecule has 1 fully saturated rings. The zero-order valence-corrected chi connectivity index (χ0v) is 12.9. The Morgan fingerprint density at radius 2 is 2.28 bits per heavy atom. The molecule has 0 saturated heterocycles. The lowest BCUT2D eigenvalue weighted by atomic mass is 9.89. The molecule has 0 radical (unpaired) electrons. The maximum atomic E-state index is 11.0. The predicted molar refractivity (Wildman–Crippen MR) is 76.3 cm³/mol. The van der Waals surface area contributed by atoms with Crippen molar-refractivity contribution in [2.45, 2.75) is 57.5 Å². The van der Waals surface area contributed by atoms with Crippen molar-refractivity contribution in [2.75, 3.05) is 0 Å². The fraction of sp³-hybridized carbons (Fsp3) is 0.786. The molecule has 2 atom stereocenters. The van der Waals surface area contributed by atoms with Gasteiger partial charge in [0.1, 0.15) is 5.60 Å². The molecule has 1 heterocycles. The third-order valence-electron chi connectivity index (χ3n) is 4.20. The molecule has 2 rings (SSSR count). The van der Waals surface area contributed by atoms with Crippen molar-refractivity contribution < 1.29 is 5.11 Å². The largest absolute Gasteiger partial charge is 0.384 e. The van der Waals surface area contributed by atoms with Gasteiger partial charge in [-0.15, -0.1) is 0 Å². The summed E-state index contributed by atoms with van der Waals surface area (Å²) in [6, 6.07) is 0.